The van der Waals surface area contributed by atoms with Gasteiger partial charge in [-0.25, -0.2) is 4.68 Å². The van der Waals surface area contributed by atoms with Crippen molar-refractivity contribution in [1.29, 1.82) is 0 Å². The number of nitro benzene ring substituents is 1. The summed E-state index contributed by atoms with van der Waals surface area (Å²) in [5, 5.41) is 18.7. The molecule has 0 aliphatic carbocycles. The number of benzene rings is 1. The molecule has 8 nitrogen and oxygen atoms in total. The third-order valence-corrected chi connectivity index (χ3v) is 2.83. The average Bonchev–Trinajstić information content (AvgIpc) is 2.87. The molecule has 106 valence electrons. The lowest BCUT2D eigenvalue weighted by molar-refractivity contribution is -0.384. The third kappa shape index (κ3) is 2.91. The van der Waals surface area contributed by atoms with Crippen LogP contribution in [0.4, 0.5) is 5.69 Å². The van der Waals surface area contributed by atoms with Gasteiger partial charge in [0.15, 0.2) is 0 Å². The molecule has 2 N–H and O–H groups in total. The summed E-state index contributed by atoms with van der Waals surface area (Å²) in [4.78, 5) is 10.4. The fourth-order valence-corrected chi connectivity index (χ4v) is 1.78. The highest BCUT2D eigenvalue weighted by atomic mass is 16.6. The molecule has 1 atom stereocenters. The number of nitrogens with two attached hydrogens (primary N) is 1. The van der Waals surface area contributed by atoms with Crippen molar-refractivity contribution >= 4 is 5.69 Å². The van der Waals surface area contributed by atoms with Gasteiger partial charge in [0, 0.05) is 23.7 Å². The maximum Gasteiger partial charge on any atom is 0.270 e. The van der Waals surface area contributed by atoms with Gasteiger partial charge in [0.2, 0.25) is 0 Å². The summed E-state index contributed by atoms with van der Waals surface area (Å²) in [5.41, 5.74) is 7.04. The second-order valence-corrected chi connectivity index (χ2v) is 4.38. The van der Waals surface area contributed by atoms with E-state index in [0.29, 0.717) is 23.6 Å². The van der Waals surface area contributed by atoms with Gasteiger partial charge in [-0.05, 0) is 13.0 Å². The summed E-state index contributed by atoms with van der Waals surface area (Å²) in [6.07, 6.45) is 1.71. The predicted octanol–water partition coefficient (Wildman–Crippen LogP) is 1.26. The normalized spacial score (nSPS) is 12.2. The van der Waals surface area contributed by atoms with E-state index >= 15 is 0 Å². The molecule has 0 bridgehead atoms. The molecule has 1 unspecified atom stereocenters. The van der Waals surface area contributed by atoms with Crippen LogP contribution in [-0.4, -0.2) is 27.0 Å². The number of rotatable bonds is 5. The molecule has 0 fully saturated rings. The van der Waals surface area contributed by atoms with Gasteiger partial charge in [-0.2, -0.15) is 0 Å². The van der Waals surface area contributed by atoms with Gasteiger partial charge in [-0.15, -0.1) is 5.10 Å². The molecule has 0 aliphatic heterocycles. The van der Waals surface area contributed by atoms with Gasteiger partial charge in [-0.3, -0.25) is 10.1 Å². The Hall–Kier alpha value is -2.48. The van der Waals surface area contributed by atoms with E-state index in [1.54, 1.807) is 16.9 Å². The Labute approximate surface area is 115 Å². The lowest BCUT2D eigenvalue weighted by Crippen LogP contribution is -2.05. The molecule has 1 heterocycles. The van der Waals surface area contributed by atoms with Crippen LogP contribution in [-0.2, 0) is 6.54 Å². The van der Waals surface area contributed by atoms with Crippen LogP contribution in [0.2, 0.25) is 0 Å². The van der Waals surface area contributed by atoms with Crippen molar-refractivity contribution in [3.8, 4) is 5.75 Å². The lowest BCUT2D eigenvalue weighted by Gasteiger charge is -2.07. The van der Waals surface area contributed by atoms with Crippen molar-refractivity contribution in [1.82, 2.24) is 15.0 Å². The molecular weight excluding hydrogens is 262 g/mol. The van der Waals surface area contributed by atoms with Crippen LogP contribution in [0.25, 0.3) is 0 Å². The molecular formula is C12H15N5O3. The van der Waals surface area contributed by atoms with Crippen molar-refractivity contribution in [3.05, 3.63) is 45.8 Å². The van der Waals surface area contributed by atoms with E-state index in [1.165, 1.54) is 19.2 Å². The minimum Gasteiger partial charge on any atom is -0.496 e. The predicted molar refractivity (Wildman–Crippen MR) is 71.4 cm³/mol. The molecule has 20 heavy (non-hydrogen) atoms. The highest BCUT2D eigenvalue weighted by molar-refractivity contribution is 5.43. The van der Waals surface area contributed by atoms with Gasteiger partial charge in [0.05, 0.1) is 30.5 Å². The Morgan fingerprint density at radius 2 is 2.30 bits per heavy atom. The largest absolute Gasteiger partial charge is 0.496 e. The first-order chi connectivity index (χ1) is 9.51. The molecule has 0 radical (unpaired) electrons. The zero-order valence-corrected chi connectivity index (χ0v) is 11.2. The Morgan fingerprint density at radius 3 is 2.85 bits per heavy atom. The second kappa shape index (κ2) is 5.66. The van der Waals surface area contributed by atoms with E-state index in [-0.39, 0.29) is 11.7 Å². The highest BCUT2D eigenvalue weighted by Crippen LogP contribution is 2.24. The number of hydrogen-bond acceptors (Lipinski definition) is 6. The molecule has 0 saturated carbocycles. The van der Waals surface area contributed by atoms with Crippen LogP contribution >= 0.6 is 0 Å². The van der Waals surface area contributed by atoms with Gasteiger partial charge in [0.1, 0.15) is 5.75 Å². The Morgan fingerprint density at radius 1 is 1.55 bits per heavy atom. The summed E-state index contributed by atoms with van der Waals surface area (Å²) < 4.78 is 6.77. The Bertz CT molecular complexity index is 623. The van der Waals surface area contributed by atoms with Crippen LogP contribution in [0.3, 0.4) is 0 Å². The number of aromatic nitrogens is 3. The Balaban J connectivity index is 2.30. The molecule has 0 amide bonds. The molecule has 0 saturated heterocycles. The number of nitro groups is 1. The number of methoxy groups -OCH3 is 1. The standard InChI is InChI=1S/C12H15N5O3/c1-8(13)11-7-16(15-14-11)6-9-5-10(17(18)19)3-4-12(9)20-2/h3-5,7-8H,6,13H2,1-2H3. The van der Waals surface area contributed by atoms with Crippen molar-refractivity contribution < 1.29 is 9.66 Å². The first kappa shape index (κ1) is 13.9. The van der Waals surface area contributed by atoms with E-state index in [2.05, 4.69) is 10.3 Å². The number of nitrogens with zero attached hydrogens (tertiary/aromatic N) is 4. The van der Waals surface area contributed by atoms with Crippen LogP contribution in [0.1, 0.15) is 24.2 Å². The summed E-state index contributed by atoms with van der Waals surface area (Å²) in [7, 11) is 1.51. The first-order valence-corrected chi connectivity index (χ1v) is 5.98. The smallest absolute Gasteiger partial charge is 0.270 e. The van der Waals surface area contributed by atoms with E-state index in [1.807, 2.05) is 6.92 Å². The molecule has 1 aromatic carbocycles. The van der Waals surface area contributed by atoms with E-state index in [4.69, 9.17) is 10.5 Å². The summed E-state index contributed by atoms with van der Waals surface area (Å²) in [6.45, 7) is 2.13. The van der Waals surface area contributed by atoms with Gasteiger partial charge < -0.3 is 10.5 Å². The molecule has 8 heteroatoms. The van der Waals surface area contributed by atoms with Gasteiger partial charge in [-0.1, -0.05) is 5.21 Å². The molecule has 0 aliphatic rings. The van der Waals surface area contributed by atoms with Gasteiger partial charge >= 0.3 is 0 Å². The fraction of sp³-hybridized carbons (Fsp3) is 0.333. The zero-order valence-electron chi connectivity index (χ0n) is 11.2. The number of hydrogen-bond donors (Lipinski definition) is 1. The summed E-state index contributed by atoms with van der Waals surface area (Å²) >= 11 is 0. The fourth-order valence-electron chi connectivity index (χ4n) is 1.78. The minimum absolute atomic E-state index is 0.00771. The SMILES string of the molecule is COc1ccc([N+](=O)[O-])cc1Cn1cc(C(C)N)nn1. The van der Waals surface area contributed by atoms with Crippen LogP contribution in [0, 0.1) is 10.1 Å². The van der Waals surface area contributed by atoms with Crippen molar-refractivity contribution in [2.45, 2.75) is 19.5 Å². The number of non-ortho nitro benzene ring substituents is 1. The third-order valence-electron chi connectivity index (χ3n) is 2.83. The van der Waals surface area contributed by atoms with E-state index < -0.39 is 4.92 Å². The summed E-state index contributed by atoms with van der Waals surface area (Å²) in [6, 6.07) is 4.22. The molecule has 1 aromatic heterocycles. The first-order valence-electron chi connectivity index (χ1n) is 5.98. The maximum atomic E-state index is 10.8. The second-order valence-electron chi connectivity index (χ2n) is 4.38. The van der Waals surface area contributed by atoms with E-state index in [9.17, 15) is 10.1 Å². The van der Waals surface area contributed by atoms with E-state index in [0.717, 1.165) is 0 Å². The summed E-state index contributed by atoms with van der Waals surface area (Å²) in [5.74, 6) is 0.563. The maximum absolute atomic E-state index is 10.8. The van der Waals surface area contributed by atoms with Crippen LogP contribution < -0.4 is 10.5 Å². The molecule has 2 aromatic rings. The van der Waals surface area contributed by atoms with Crippen molar-refractivity contribution in [2.75, 3.05) is 7.11 Å². The van der Waals surface area contributed by atoms with Crippen LogP contribution in [0.15, 0.2) is 24.4 Å². The zero-order chi connectivity index (χ0) is 14.7. The lowest BCUT2D eigenvalue weighted by atomic mass is 10.1. The average molecular weight is 277 g/mol. The number of ether oxygens (including phenoxy) is 1. The molecule has 0 spiro atoms. The Kier molecular flexibility index (Phi) is 3.94. The van der Waals surface area contributed by atoms with Crippen molar-refractivity contribution in [2.24, 2.45) is 5.73 Å². The monoisotopic (exact) mass is 277 g/mol. The van der Waals surface area contributed by atoms with Crippen molar-refractivity contribution in [3.63, 3.8) is 0 Å². The minimum atomic E-state index is -0.447. The molecule has 2 rings (SSSR count). The van der Waals surface area contributed by atoms with Crippen LogP contribution in [0.5, 0.6) is 5.75 Å². The highest BCUT2D eigenvalue weighted by Gasteiger charge is 2.13. The van der Waals surface area contributed by atoms with Gasteiger partial charge in [0.25, 0.3) is 5.69 Å². The quantitative estimate of drug-likeness (QED) is 0.651. The topological polar surface area (TPSA) is 109 Å².